The minimum absolute atomic E-state index is 0.245. The van der Waals surface area contributed by atoms with Gasteiger partial charge in [-0.15, -0.1) is 0 Å². The van der Waals surface area contributed by atoms with Gasteiger partial charge in [-0.05, 0) is 44.2 Å². The van der Waals surface area contributed by atoms with E-state index in [0.717, 1.165) is 6.42 Å². The summed E-state index contributed by atoms with van der Waals surface area (Å²) in [5, 5.41) is 0. The molecule has 108 valence electrons. The molecule has 4 heteroatoms. The van der Waals surface area contributed by atoms with Crippen LogP contribution in [-0.4, -0.2) is 26.5 Å². The first-order chi connectivity index (χ1) is 8.96. The predicted octanol–water partition coefficient (Wildman–Crippen LogP) is 2.33. The van der Waals surface area contributed by atoms with Crippen LogP contribution < -0.4 is 5.73 Å². The highest BCUT2D eigenvalue weighted by atomic mass is 32.2. The molecule has 0 heterocycles. The number of nitrogens with two attached hydrogens (primary N) is 1. The summed E-state index contributed by atoms with van der Waals surface area (Å²) in [6.07, 6.45) is 2.21. The van der Waals surface area contributed by atoms with E-state index >= 15 is 0 Å². The molecule has 1 aromatic rings. The lowest BCUT2D eigenvalue weighted by Crippen LogP contribution is -2.21. The van der Waals surface area contributed by atoms with Crippen LogP contribution in [0.5, 0.6) is 0 Å². The second-order valence-electron chi connectivity index (χ2n) is 5.23. The van der Waals surface area contributed by atoms with E-state index < -0.39 is 9.84 Å². The van der Waals surface area contributed by atoms with Crippen LogP contribution in [-0.2, 0) is 16.3 Å². The Morgan fingerprint density at radius 3 is 2.32 bits per heavy atom. The van der Waals surface area contributed by atoms with E-state index in [4.69, 9.17) is 5.73 Å². The molecule has 1 unspecified atom stereocenters. The summed E-state index contributed by atoms with van der Waals surface area (Å²) < 4.78 is 23.4. The summed E-state index contributed by atoms with van der Waals surface area (Å²) in [5.41, 5.74) is 8.22. The minimum Gasteiger partial charge on any atom is -0.330 e. The molecular formula is C15H25NO2S. The van der Waals surface area contributed by atoms with Crippen LogP contribution in [0.1, 0.15) is 30.9 Å². The van der Waals surface area contributed by atoms with Crippen molar-refractivity contribution in [2.45, 2.75) is 33.1 Å². The fourth-order valence-electron chi connectivity index (χ4n) is 2.12. The van der Waals surface area contributed by atoms with E-state index in [1.807, 2.05) is 6.92 Å². The maximum atomic E-state index is 11.7. The molecule has 0 saturated heterocycles. The zero-order valence-electron chi connectivity index (χ0n) is 11.9. The number of benzene rings is 1. The maximum Gasteiger partial charge on any atom is 0.150 e. The molecule has 0 bridgehead atoms. The van der Waals surface area contributed by atoms with Gasteiger partial charge in [0.1, 0.15) is 9.84 Å². The average Bonchev–Trinajstić information content (AvgIpc) is 2.36. The minimum atomic E-state index is -2.89. The van der Waals surface area contributed by atoms with Gasteiger partial charge >= 0.3 is 0 Å². The van der Waals surface area contributed by atoms with E-state index in [-0.39, 0.29) is 17.4 Å². The molecule has 19 heavy (non-hydrogen) atoms. The quantitative estimate of drug-likeness (QED) is 0.796. The summed E-state index contributed by atoms with van der Waals surface area (Å²) in [5.74, 6) is 0.790. The highest BCUT2D eigenvalue weighted by Crippen LogP contribution is 2.14. The van der Waals surface area contributed by atoms with Crippen LogP contribution in [0.3, 0.4) is 0 Å². The first kappa shape index (κ1) is 16.2. The number of sulfone groups is 1. The van der Waals surface area contributed by atoms with Gasteiger partial charge in [-0.1, -0.05) is 36.8 Å². The van der Waals surface area contributed by atoms with Crippen LogP contribution in [0, 0.1) is 12.8 Å². The molecule has 0 aliphatic rings. The molecule has 1 rings (SSSR count). The lowest BCUT2D eigenvalue weighted by molar-refractivity contribution is 0.511. The largest absolute Gasteiger partial charge is 0.330 e. The van der Waals surface area contributed by atoms with Gasteiger partial charge in [0.05, 0.1) is 5.75 Å². The van der Waals surface area contributed by atoms with Crippen molar-refractivity contribution < 1.29 is 8.42 Å². The summed E-state index contributed by atoms with van der Waals surface area (Å²) in [6.45, 7) is 4.49. The molecule has 1 aromatic carbocycles. The average molecular weight is 283 g/mol. The van der Waals surface area contributed by atoms with Crippen LogP contribution in [0.25, 0.3) is 0 Å². The van der Waals surface area contributed by atoms with Gasteiger partial charge in [-0.2, -0.15) is 0 Å². The molecule has 0 fully saturated rings. The zero-order chi connectivity index (χ0) is 14.3. The van der Waals surface area contributed by atoms with Gasteiger partial charge in [0, 0.05) is 5.75 Å². The van der Waals surface area contributed by atoms with Crippen molar-refractivity contribution >= 4 is 9.84 Å². The molecule has 1 atom stereocenters. The molecule has 0 aromatic heterocycles. The number of hydrogen-bond acceptors (Lipinski definition) is 3. The molecule has 2 N–H and O–H groups in total. The van der Waals surface area contributed by atoms with E-state index in [0.29, 0.717) is 19.4 Å². The van der Waals surface area contributed by atoms with Crippen molar-refractivity contribution in [3.8, 4) is 0 Å². The van der Waals surface area contributed by atoms with Gasteiger partial charge in [0.2, 0.25) is 0 Å². The zero-order valence-corrected chi connectivity index (χ0v) is 12.7. The van der Waals surface area contributed by atoms with Crippen molar-refractivity contribution in [2.24, 2.45) is 11.7 Å². The molecule has 0 aliphatic heterocycles. The molecule has 0 saturated carbocycles. The number of hydrogen-bond donors (Lipinski definition) is 1. The summed E-state index contributed by atoms with van der Waals surface area (Å²) in [6, 6.07) is 8.35. The third-order valence-corrected chi connectivity index (χ3v) is 5.22. The standard InChI is InChI=1S/C15H25NO2S/c1-3-9-19(17,18)10-8-15(12-16)11-14-6-4-13(2)5-7-14/h4-7,15H,3,8-12,16H2,1-2H3. The number of aryl methyl sites for hydroxylation is 1. The smallest absolute Gasteiger partial charge is 0.150 e. The highest BCUT2D eigenvalue weighted by Gasteiger charge is 2.14. The lowest BCUT2D eigenvalue weighted by Gasteiger charge is -2.15. The van der Waals surface area contributed by atoms with Gasteiger partial charge in [-0.25, -0.2) is 8.42 Å². The lowest BCUT2D eigenvalue weighted by atomic mass is 9.96. The Morgan fingerprint density at radius 1 is 1.16 bits per heavy atom. The topological polar surface area (TPSA) is 60.2 Å². The van der Waals surface area contributed by atoms with Crippen molar-refractivity contribution in [1.82, 2.24) is 0 Å². The Morgan fingerprint density at radius 2 is 1.79 bits per heavy atom. The van der Waals surface area contributed by atoms with Gasteiger partial charge in [0.15, 0.2) is 0 Å². The molecule has 0 spiro atoms. The normalized spacial score (nSPS) is 13.4. The Balaban J connectivity index is 2.52. The Kier molecular flexibility index (Phi) is 6.52. The van der Waals surface area contributed by atoms with E-state index in [1.54, 1.807) is 0 Å². The van der Waals surface area contributed by atoms with Crippen LogP contribution in [0.4, 0.5) is 0 Å². The summed E-state index contributed by atoms with van der Waals surface area (Å²) in [4.78, 5) is 0. The Hall–Kier alpha value is -0.870. The van der Waals surface area contributed by atoms with Gasteiger partial charge < -0.3 is 5.73 Å². The Bertz CT molecular complexity index is 465. The summed E-state index contributed by atoms with van der Waals surface area (Å²) >= 11 is 0. The molecule has 0 aliphatic carbocycles. The Labute approximate surface area is 117 Å². The molecule has 0 radical (unpaired) electrons. The van der Waals surface area contributed by atoms with Crippen LogP contribution >= 0.6 is 0 Å². The summed E-state index contributed by atoms with van der Waals surface area (Å²) in [7, 11) is -2.89. The monoisotopic (exact) mass is 283 g/mol. The van der Waals surface area contributed by atoms with Crippen LogP contribution in [0.15, 0.2) is 24.3 Å². The second-order valence-corrected chi connectivity index (χ2v) is 7.54. The van der Waals surface area contributed by atoms with Gasteiger partial charge in [0.25, 0.3) is 0 Å². The van der Waals surface area contributed by atoms with Crippen LogP contribution in [0.2, 0.25) is 0 Å². The number of rotatable bonds is 8. The fourth-order valence-corrected chi connectivity index (χ4v) is 3.64. The van der Waals surface area contributed by atoms with E-state index in [2.05, 4.69) is 31.2 Å². The van der Waals surface area contributed by atoms with Crippen molar-refractivity contribution in [2.75, 3.05) is 18.1 Å². The van der Waals surface area contributed by atoms with Crippen molar-refractivity contribution in [3.05, 3.63) is 35.4 Å². The highest BCUT2D eigenvalue weighted by molar-refractivity contribution is 7.91. The molecule has 3 nitrogen and oxygen atoms in total. The fraction of sp³-hybridized carbons (Fsp3) is 0.600. The van der Waals surface area contributed by atoms with E-state index in [9.17, 15) is 8.42 Å². The third-order valence-electron chi connectivity index (χ3n) is 3.33. The SMILES string of the molecule is CCCS(=O)(=O)CCC(CN)Cc1ccc(C)cc1. The first-order valence-corrected chi connectivity index (χ1v) is 8.75. The van der Waals surface area contributed by atoms with E-state index in [1.165, 1.54) is 11.1 Å². The van der Waals surface area contributed by atoms with Crippen molar-refractivity contribution in [1.29, 1.82) is 0 Å². The molecular weight excluding hydrogens is 258 g/mol. The predicted molar refractivity (Wildman–Crippen MR) is 81.0 cm³/mol. The van der Waals surface area contributed by atoms with Gasteiger partial charge in [-0.3, -0.25) is 0 Å². The second kappa shape index (κ2) is 7.65. The molecule has 0 amide bonds. The first-order valence-electron chi connectivity index (χ1n) is 6.93. The maximum absolute atomic E-state index is 11.7. The third kappa shape index (κ3) is 6.21. The van der Waals surface area contributed by atoms with Crippen molar-refractivity contribution in [3.63, 3.8) is 0 Å².